The number of benzene rings is 3. The van der Waals surface area contributed by atoms with Gasteiger partial charge in [0.05, 0.1) is 32.9 Å². The van der Waals surface area contributed by atoms with Crippen LogP contribution >= 0.6 is 0 Å². The zero-order valence-corrected chi connectivity index (χ0v) is 12.5. The lowest BCUT2D eigenvalue weighted by Gasteiger charge is -2.07. The third-order valence-corrected chi connectivity index (χ3v) is 4.48. The van der Waals surface area contributed by atoms with Crippen LogP contribution < -0.4 is 33.4 Å². The third-order valence-electron chi connectivity index (χ3n) is 4.48. The van der Waals surface area contributed by atoms with Gasteiger partial charge in [0, 0.05) is 17.8 Å². The maximum Gasteiger partial charge on any atom is 0.263 e. The summed E-state index contributed by atoms with van der Waals surface area (Å²) in [4.78, 5) is 50.1. The first-order valence-corrected chi connectivity index (χ1v) is 7.12. The Labute approximate surface area is 133 Å². The van der Waals surface area contributed by atoms with Gasteiger partial charge in [0.25, 0.3) is 11.1 Å². The molecule has 0 aliphatic heterocycles. The van der Waals surface area contributed by atoms with Crippen LogP contribution in [0, 0.1) is 0 Å². The van der Waals surface area contributed by atoms with Crippen LogP contribution in [0.2, 0.25) is 0 Å². The molecular formula is C17H11N3O4. The van der Waals surface area contributed by atoms with Gasteiger partial charge in [-0.1, -0.05) is 24.3 Å². The number of fused-ring (bicyclic) bond motifs is 3. The van der Waals surface area contributed by atoms with E-state index in [1.807, 2.05) is 0 Å². The minimum Gasteiger partial charge on any atom is -0.397 e. The van der Waals surface area contributed by atoms with Crippen LogP contribution in [0.25, 0.3) is 32.3 Å². The Morgan fingerprint density at radius 3 is 1.46 bits per heavy atom. The average Bonchev–Trinajstić information content (AvgIpc) is 2.80. The number of nitrogens with two attached hydrogens (primary N) is 2. The van der Waals surface area contributed by atoms with Crippen molar-refractivity contribution in [3.05, 3.63) is 65.4 Å². The molecule has 118 valence electrons. The van der Waals surface area contributed by atoms with E-state index in [1.54, 1.807) is 12.1 Å². The molecule has 0 saturated heterocycles. The predicted molar refractivity (Wildman–Crippen MR) is 94.2 cm³/mol. The summed E-state index contributed by atoms with van der Waals surface area (Å²) in [6.45, 7) is 0. The Bertz CT molecular complexity index is 1300. The fraction of sp³-hybridized carbons (Fsp3) is 0.0588. The predicted octanol–water partition coefficient (Wildman–Crippen LogP) is -0.0345. The largest absolute Gasteiger partial charge is 0.397 e. The average molecular weight is 321 g/mol. The molecule has 1 heterocycles. The highest BCUT2D eigenvalue weighted by atomic mass is 16.2. The second-order valence-corrected chi connectivity index (χ2v) is 5.70. The fourth-order valence-electron chi connectivity index (χ4n) is 3.28. The molecule has 1 aromatic heterocycles. The molecular weight excluding hydrogens is 310 g/mol. The molecule has 0 spiro atoms. The normalized spacial score (nSPS) is 11.7. The number of rotatable bonds is 0. The summed E-state index contributed by atoms with van der Waals surface area (Å²) in [5.74, 6) is 0. The van der Waals surface area contributed by atoms with E-state index in [0.717, 1.165) is 4.57 Å². The molecule has 0 bridgehead atoms. The summed E-state index contributed by atoms with van der Waals surface area (Å²) in [6.07, 6.45) is 0. The van der Waals surface area contributed by atoms with Gasteiger partial charge >= 0.3 is 0 Å². The second kappa shape index (κ2) is 4.29. The van der Waals surface area contributed by atoms with E-state index < -0.39 is 22.0 Å². The van der Waals surface area contributed by atoms with Gasteiger partial charge in [-0.15, -0.1) is 0 Å². The van der Waals surface area contributed by atoms with Gasteiger partial charge in [0.15, 0.2) is 10.9 Å². The quantitative estimate of drug-likeness (QED) is 0.266. The molecule has 7 nitrogen and oxygen atoms in total. The van der Waals surface area contributed by atoms with Crippen molar-refractivity contribution < 1.29 is 0 Å². The molecule has 24 heavy (non-hydrogen) atoms. The number of nitrogen functional groups attached to an aromatic ring is 2. The highest BCUT2D eigenvalue weighted by molar-refractivity contribution is 6.20. The number of aromatic nitrogens is 1. The molecule has 7 heteroatoms. The van der Waals surface area contributed by atoms with Gasteiger partial charge in [0.2, 0.25) is 0 Å². The van der Waals surface area contributed by atoms with E-state index in [4.69, 9.17) is 11.5 Å². The molecule has 4 aromatic rings. The van der Waals surface area contributed by atoms with Gasteiger partial charge in [-0.3, -0.25) is 23.7 Å². The lowest BCUT2D eigenvalue weighted by atomic mass is 9.97. The zero-order chi connectivity index (χ0) is 17.3. The first-order valence-electron chi connectivity index (χ1n) is 7.12. The Hall–Kier alpha value is -3.48. The standard InChI is InChI=1S/C17H11N3O4/c1-20-16(23)10-11(17(20)24)13(19)9-8(12(10)18)14(21)6-4-2-3-5-7(6)15(9)22/h2-5H,18-19H2,1H3. The molecule has 0 aliphatic rings. The van der Waals surface area contributed by atoms with E-state index in [2.05, 4.69) is 0 Å². The summed E-state index contributed by atoms with van der Waals surface area (Å²) in [7, 11) is 1.29. The van der Waals surface area contributed by atoms with E-state index in [1.165, 1.54) is 19.2 Å². The molecule has 0 fully saturated rings. The molecule has 4 rings (SSSR count). The van der Waals surface area contributed by atoms with E-state index in [0.29, 0.717) is 0 Å². The molecule has 3 aromatic carbocycles. The van der Waals surface area contributed by atoms with Crippen LogP contribution in [0.1, 0.15) is 0 Å². The maximum absolute atomic E-state index is 12.8. The number of hydrogen-bond donors (Lipinski definition) is 2. The SMILES string of the molecule is Cn1c(=O)c2c(N)c3c(=O)c4ccccc4c(=O)c3c(N)c2c1=O. The van der Waals surface area contributed by atoms with Crippen molar-refractivity contribution in [2.75, 3.05) is 11.5 Å². The van der Waals surface area contributed by atoms with Crippen LogP contribution in [-0.4, -0.2) is 4.57 Å². The van der Waals surface area contributed by atoms with Crippen molar-refractivity contribution in [2.45, 2.75) is 0 Å². The van der Waals surface area contributed by atoms with Gasteiger partial charge in [0.1, 0.15) is 0 Å². The second-order valence-electron chi connectivity index (χ2n) is 5.70. The number of hydrogen-bond acceptors (Lipinski definition) is 6. The van der Waals surface area contributed by atoms with Crippen molar-refractivity contribution in [1.82, 2.24) is 4.57 Å². The van der Waals surface area contributed by atoms with Crippen LogP contribution in [0.15, 0.2) is 43.4 Å². The molecule has 0 aliphatic carbocycles. The van der Waals surface area contributed by atoms with Gasteiger partial charge < -0.3 is 11.5 Å². The highest BCUT2D eigenvalue weighted by Crippen LogP contribution is 2.31. The van der Waals surface area contributed by atoms with E-state index >= 15 is 0 Å². The summed E-state index contributed by atoms with van der Waals surface area (Å²) < 4.78 is 0.866. The summed E-state index contributed by atoms with van der Waals surface area (Å²) in [5.41, 5.74) is 9.44. The molecule has 4 N–H and O–H groups in total. The Morgan fingerprint density at radius 2 is 1.08 bits per heavy atom. The summed E-state index contributed by atoms with van der Waals surface area (Å²) in [5, 5.41) is -0.0336. The molecule has 0 radical (unpaired) electrons. The first-order chi connectivity index (χ1) is 11.4. The van der Waals surface area contributed by atoms with Crippen LogP contribution in [0.3, 0.4) is 0 Å². The summed E-state index contributed by atoms with van der Waals surface area (Å²) in [6, 6.07) is 6.29. The van der Waals surface area contributed by atoms with Gasteiger partial charge in [-0.2, -0.15) is 0 Å². The number of nitrogens with zero attached hydrogens (tertiary/aromatic N) is 1. The third kappa shape index (κ3) is 1.41. The first kappa shape index (κ1) is 14.1. The van der Waals surface area contributed by atoms with Crippen LogP contribution in [0.4, 0.5) is 11.4 Å². The van der Waals surface area contributed by atoms with Gasteiger partial charge in [-0.05, 0) is 0 Å². The smallest absolute Gasteiger partial charge is 0.263 e. The summed E-state index contributed by atoms with van der Waals surface area (Å²) >= 11 is 0. The topological polar surface area (TPSA) is 125 Å². The zero-order valence-electron chi connectivity index (χ0n) is 12.5. The molecule has 0 atom stereocenters. The van der Waals surface area contributed by atoms with E-state index in [9.17, 15) is 19.2 Å². The maximum atomic E-state index is 12.8. The Balaban J connectivity index is 2.56. The fourth-order valence-corrected chi connectivity index (χ4v) is 3.28. The van der Waals surface area contributed by atoms with Crippen molar-refractivity contribution in [3.63, 3.8) is 0 Å². The van der Waals surface area contributed by atoms with Crippen molar-refractivity contribution in [3.8, 4) is 0 Å². The number of anilines is 2. The molecule has 0 amide bonds. The molecule has 0 unspecified atom stereocenters. The van der Waals surface area contributed by atoms with Crippen LogP contribution in [0.5, 0.6) is 0 Å². The van der Waals surface area contributed by atoms with Crippen molar-refractivity contribution in [1.29, 1.82) is 0 Å². The lowest BCUT2D eigenvalue weighted by molar-refractivity contribution is 0.857. The Kier molecular flexibility index (Phi) is 2.52. The highest BCUT2D eigenvalue weighted by Gasteiger charge is 2.24. The monoisotopic (exact) mass is 321 g/mol. The van der Waals surface area contributed by atoms with Gasteiger partial charge in [-0.25, -0.2) is 0 Å². The lowest BCUT2D eigenvalue weighted by Crippen LogP contribution is -2.21. The van der Waals surface area contributed by atoms with Crippen LogP contribution in [-0.2, 0) is 7.05 Å². The van der Waals surface area contributed by atoms with E-state index in [-0.39, 0.29) is 43.7 Å². The minimum absolute atomic E-state index is 0.105. The van der Waals surface area contributed by atoms with Crippen molar-refractivity contribution in [2.24, 2.45) is 7.05 Å². The minimum atomic E-state index is -0.638. The Morgan fingerprint density at radius 1 is 0.708 bits per heavy atom. The molecule has 0 saturated carbocycles. The van der Waals surface area contributed by atoms with Crippen molar-refractivity contribution >= 4 is 43.7 Å².